The van der Waals surface area contributed by atoms with Crippen LogP contribution in [-0.2, 0) is 0 Å². The van der Waals surface area contributed by atoms with E-state index in [9.17, 15) is 4.79 Å². The van der Waals surface area contributed by atoms with E-state index in [0.29, 0.717) is 16.7 Å². The van der Waals surface area contributed by atoms with Gasteiger partial charge in [-0.25, -0.2) is 14.5 Å². The van der Waals surface area contributed by atoms with Crippen LogP contribution in [0, 0.1) is 6.92 Å². The molecule has 19 heavy (non-hydrogen) atoms. The number of benzene rings is 1. The summed E-state index contributed by atoms with van der Waals surface area (Å²) in [5.41, 5.74) is 2.25. The molecule has 0 atom stereocenters. The van der Waals surface area contributed by atoms with Crippen molar-refractivity contribution < 1.29 is 9.90 Å². The first-order chi connectivity index (χ1) is 9.16. The molecule has 2 heterocycles. The average Bonchev–Trinajstić information content (AvgIpc) is 2.81. The predicted octanol–water partition coefficient (Wildman–Crippen LogP) is 2.43. The van der Waals surface area contributed by atoms with Crippen LogP contribution in [0.2, 0.25) is 0 Å². The smallest absolute Gasteiger partial charge is 0.337 e. The molecular formula is C14H11N3O2. The van der Waals surface area contributed by atoms with Gasteiger partial charge in [0.15, 0.2) is 5.65 Å². The maximum absolute atomic E-state index is 11.1. The Balaban J connectivity index is 2.25. The van der Waals surface area contributed by atoms with Gasteiger partial charge < -0.3 is 5.11 Å². The molecule has 0 radical (unpaired) electrons. The van der Waals surface area contributed by atoms with Crippen molar-refractivity contribution in [2.75, 3.05) is 0 Å². The van der Waals surface area contributed by atoms with Gasteiger partial charge in [0.2, 0.25) is 0 Å². The van der Waals surface area contributed by atoms with Crippen LogP contribution in [0.25, 0.3) is 16.7 Å². The van der Waals surface area contributed by atoms with Gasteiger partial charge in [0.25, 0.3) is 0 Å². The van der Waals surface area contributed by atoms with E-state index in [1.54, 1.807) is 23.9 Å². The number of rotatable bonds is 2. The Hall–Kier alpha value is -2.69. The minimum Gasteiger partial charge on any atom is -0.478 e. The summed E-state index contributed by atoms with van der Waals surface area (Å²) in [6.07, 6.45) is 1.63. The van der Waals surface area contributed by atoms with Crippen LogP contribution in [-0.4, -0.2) is 25.8 Å². The molecule has 5 heteroatoms. The molecule has 0 aliphatic heterocycles. The lowest BCUT2D eigenvalue weighted by Gasteiger charge is -2.04. The molecule has 0 saturated carbocycles. The molecule has 5 nitrogen and oxygen atoms in total. The highest BCUT2D eigenvalue weighted by Crippen LogP contribution is 2.19. The molecule has 3 rings (SSSR count). The SMILES string of the molecule is Cc1nc2c(cnn2-c2ccccc2)cc1C(=O)O. The summed E-state index contributed by atoms with van der Waals surface area (Å²) in [5.74, 6) is -0.973. The second kappa shape index (κ2) is 4.20. The number of hydrogen-bond donors (Lipinski definition) is 1. The van der Waals surface area contributed by atoms with E-state index in [4.69, 9.17) is 5.11 Å². The Kier molecular flexibility index (Phi) is 2.52. The van der Waals surface area contributed by atoms with E-state index in [-0.39, 0.29) is 5.56 Å². The van der Waals surface area contributed by atoms with E-state index in [0.717, 1.165) is 5.69 Å². The van der Waals surface area contributed by atoms with E-state index in [1.165, 1.54) is 0 Å². The number of aromatic nitrogens is 3. The number of para-hydroxylation sites is 1. The van der Waals surface area contributed by atoms with Crippen LogP contribution >= 0.6 is 0 Å². The summed E-state index contributed by atoms with van der Waals surface area (Å²) in [7, 11) is 0. The maximum atomic E-state index is 11.1. The predicted molar refractivity (Wildman–Crippen MR) is 70.6 cm³/mol. The molecule has 2 aromatic heterocycles. The lowest BCUT2D eigenvalue weighted by Crippen LogP contribution is -2.03. The molecule has 0 amide bonds. The lowest BCUT2D eigenvalue weighted by molar-refractivity contribution is 0.0696. The summed E-state index contributed by atoms with van der Waals surface area (Å²) in [4.78, 5) is 15.4. The normalized spacial score (nSPS) is 10.8. The quantitative estimate of drug-likeness (QED) is 0.761. The molecule has 1 aromatic carbocycles. The highest BCUT2D eigenvalue weighted by molar-refractivity contribution is 5.93. The molecule has 0 bridgehead atoms. The van der Waals surface area contributed by atoms with Gasteiger partial charge in [-0.1, -0.05) is 18.2 Å². The topological polar surface area (TPSA) is 68.0 Å². The molecule has 0 saturated heterocycles. The standard InChI is InChI=1S/C14H11N3O2/c1-9-12(14(18)19)7-10-8-15-17(13(10)16-9)11-5-3-2-4-6-11/h2-8H,1H3,(H,18,19). The van der Waals surface area contributed by atoms with Crippen LogP contribution in [0.1, 0.15) is 16.1 Å². The maximum Gasteiger partial charge on any atom is 0.337 e. The number of aromatic carboxylic acids is 1. The Morgan fingerprint density at radius 3 is 2.68 bits per heavy atom. The zero-order valence-electron chi connectivity index (χ0n) is 10.2. The number of hydrogen-bond acceptors (Lipinski definition) is 3. The minimum absolute atomic E-state index is 0.208. The monoisotopic (exact) mass is 253 g/mol. The fraction of sp³-hybridized carbons (Fsp3) is 0.0714. The zero-order valence-corrected chi connectivity index (χ0v) is 10.2. The Labute approximate surface area is 109 Å². The third-order valence-corrected chi connectivity index (χ3v) is 2.97. The molecule has 0 fully saturated rings. The first kappa shape index (κ1) is 11.4. The van der Waals surface area contributed by atoms with Crippen molar-refractivity contribution in [1.82, 2.24) is 14.8 Å². The molecule has 0 unspecified atom stereocenters. The highest BCUT2D eigenvalue weighted by atomic mass is 16.4. The first-order valence-electron chi connectivity index (χ1n) is 5.81. The molecule has 1 N–H and O–H groups in total. The number of pyridine rings is 1. The van der Waals surface area contributed by atoms with E-state index in [1.807, 2.05) is 30.3 Å². The van der Waals surface area contributed by atoms with E-state index < -0.39 is 5.97 Å². The third kappa shape index (κ3) is 1.85. The van der Waals surface area contributed by atoms with Crippen molar-refractivity contribution in [3.05, 3.63) is 53.9 Å². The van der Waals surface area contributed by atoms with Crippen molar-refractivity contribution in [3.63, 3.8) is 0 Å². The Bertz CT molecular complexity index is 763. The van der Waals surface area contributed by atoms with Gasteiger partial charge in [-0.15, -0.1) is 0 Å². The lowest BCUT2D eigenvalue weighted by atomic mass is 10.2. The van der Waals surface area contributed by atoms with Gasteiger partial charge >= 0.3 is 5.97 Å². The van der Waals surface area contributed by atoms with Gasteiger partial charge in [-0.3, -0.25) is 0 Å². The molecule has 3 aromatic rings. The summed E-state index contributed by atoms with van der Waals surface area (Å²) < 4.78 is 1.70. The Morgan fingerprint density at radius 1 is 1.26 bits per heavy atom. The van der Waals surface area contributed by atoms with E-state index >= 15 is 0 Å². The van der Waals surface area contributed by atoms with Crippen molar-refractivity contribution in [2.24, 2.45) is 0 Å². The van der Waals surface area contributed by atoms with Crippen LogP contribution in [0.4, 0.5) is 0 Å². The third-order valence-electron chi connectivity index (χ3n) is 2.97. The summed E-state index contributed by atoms with van der Waals surface area (Å²) in [5, 5.41) is 14.1. The van der Waals surface area contributed by atoms with Gasteiger partial charge in [0.1, 0.15) is 0 Å². The van der Waals surface area contributed by atoms with Crippen molar-refractivity contribution in [2.45, 2.75) is 6.92 Å². The number of nitrogens with zero attached hydrogens (tertiary/aromatic N) is 3. The number of carbonyl (C=O) groups is 1. The van der Waals surface area contributed by atoms with Crippen LogP contribution in [0.5, 0.6) is 0 Å². The van der Waals surface area contributed by atoms with Gasteiger partial charge in [0, 0.05) is 5.39 Å². The molecule has 94 valence electrons. The summed E-state index contributed by atoms with van der Waals surface area (Å²) in [6.45, 7) is 1.69. The zero-order chi connectivity index (χ0) is 13.4. The molecule has 0 spiro atoms. The highest BCUT2D eigenvalue weighted by Gasteiger charge is 2.13. The fourth-order valence-corrected chi connectivity index (χ4v) is 2.02. The summed E-state index contributed by atoms with van der Waals surface area (Å²) in [6, 6.07) is 11.2. The summed E-state index contributed by atoms with van der Waals surface area (Å²) >= 11 is 0. The number of carboxylic acids is 1. The van der Waals surface area contributed by atoms with Crippen molar-refractivity contribution in [1.29, 1.82) is 0 Å². The largest absolute Gasteiger partial charge is 0.478 e. The molecular weight excluding hydrogens is 242 g/mol. The van der Waals surface area contributed by atoms with Crippen LogP contribution < -0.4 is 0 Å². The average molecular weight is 253 g/mol. The number of carboxylic acid groups (broad SMARTS) is 1. The van der Waals surface area contributed by atoms with Crippen molar-refractivity contribution in [3.8, 4) is 5.69 Å². The molecule has 0 aliphatic carbocycles. The van der Waals surface area contributed by atoms with Crippen LogP contribution in [0.3, 0.4) is 0 Å². The van der Waals surface area contributed by atoms with Crippen molar-refractivity contribution >= 4 is 17.0 Å². The van der Waals surface area contributed by atoms with E-state index in [2.05, 4.69) is 10.1 Å². The van der Waals surface area contributed by atoms with Crippen LogP contribution in [0.15, 0.2) is 42.6 Å². The molecule has 0 aliphatic rings. The number of fused-ring (bicyclic) bond motifs is 1. The number of aryl methyl sites for hydroxylation is 1. The fourth-order valence-electron chi connectivity index (χ4n) is 2.02. The van der Waals surface area contributed by atoms with Gasteiger partial charge in [0.05, 0.1) is 23.1 Å². The first-order valence-corrected chi connectivity index (χ1v) is 5.81. The van der Waals surface area contributed by atoms with Gasteiger partial charge in [-0.2, -0.15) is 5.10 Å². The second-order valence-corrected chi connectivity index (χ2v) is 4.23. The second-order valence-electron chi connectivity index (χ2n) is 4.23. The minimum atomic E-state index is -0.973. The van der Waals surface area contributed by atoms with Gasteiger partial charge in [-0.05, 0) is 25.1 Å². The Morgan fingerprint density at radius 2 is 2.00 bits per heavy atom.